The Bertz CT molecular complexity index is 316. The summed E-state index contributed by atoms with van der Waals surface area (Å²) in [6.07, 6.45) is 0.653. The van der Waals surface area contributed by atoms with Gasteiger partial charge in [0, 0.05) is 19.4 Å². The van der Waals surface area contributed by atoms with Crippen LogP contribution < -0.4 is 4.73 Å². The SMILES string of the molecule is Cc1cc(CC(C)C)[n+]([O-])c(O)n1.Cl. The van der Waals surface area contributed by atoms with Gasteiger partial charge in [0.25, 0.3) is 0 Å². The minimum Gasteiger partial charge on any atom is -0.708 e. The molecule has 0 bridgehead atoms. The van der Waals surface area contributed by atoms with Crippen LogP contribution in [0.5, 0.6) is 6.01 Å². The van der Waals surface area contributed by atoms with Gasteiger partial charge in [0.05, 0.1) is 0 Å². The van der Waals surface area contributed by atoms with Gasteiger partial charge in [-0.3, -0.25) is 0 Å². The molecule has 0 saturated carbocycles. The minimum absolute atomic E-state index is 0. The average molecular weight is 219 g/mol. The number of rotatable bonds is 2. The maximum atomic E-state index is 11.3. The molecule has 0 saturated heterocycles. The number of aryl methyl sites for hydroxylation is 1. The molecule has 0 fully saturated rings. The van der Waals surface area contributed by atoms with Crippen LogP contribution in [0.25, 0.3) is 0 Å². The second kappa shape index (κ2) is 5.00. The molecule has 1 N–H and O–H groups in total. The van der Waals surface area contributed by atoms with E-state index < -0.39 is 6.01 Å². The molecular weight excluding hydrogens is 204 g/mol. The van der Waals surface area contributed by atoms with E-state index >= 15 is 0 Å². The van der Waals surface area contributed by atoms with Crippen LogP contribution in [0.3, 0.4) is 0 Å². The van der Waals surface area contributed by atoms with E-state index in [0.29, 0.717) is 28.5 Å². The molecule has 1 rings (SSSR count). The van der Waals surface area contributed by atoms with Gasteiger partial charge in [-0.2, -0.15) is 4.73 Å². The van der Waals surface area contributed by atoms with Crippen molar-refractivity contribution >= 4 is 12.4 Å². The van der Waals surface area contributed by atoms with Gasteiger partial charge in [0.2, 0.25) is 0 Å². The standard InChI is InChI=1S/C9H14N2O2.ClH/c1-6(2)4-8-5-7(3)10-9(12)11(8)13;/h5-6H,4H2,1-3H3,(H,10,12);1H. The van der Waals surface area contributed by atoms with Crippen LogP contribution >= 0.6 is 12.4 Å². The van der Waals surface area contributed by atoms with Gasteiger partial charge in [-0.05, 0) is 10.9 Å². The molecule has 0 aliphatic heterocycles. The van der Waals surface area contributed by atoms with E-state index in [9.17, 15) is 5.21 Å². The van der Waals surface area contributed by atoms with Crippen LogP contribution in [0.1, 0.15) is 25.2 Å². The summed E-state index contributed by atoms with van der Waals surface area (Å²) < 4.78 is 0.479. The van der Waals surface area contributed by atoms with Crippen molar-refractivity contribution in [3.63, 3.8) is 0 Å². The van der Waals surface area contributed by atoms with E-state index in [1.165, 1.54) is 0 Å². The lowest BCUT2D eigenvalue weighted by molar-refractivity contribution is -0.625. The fraction of sp³-hybridized carbons (Fsp3) is 0.556. The van der Waals surface area contributed by atoms with E-state index in [1.807, 2.05) is 13.8 Å². The number of aromatic nitrogens is 2. The topological polar surface area (TPSA) is 60.1 Å². The van der Waals surface area contributed by atoms with Gasteiger partial charge >= 0.3 is 6.01 Å². The first kappa shape index (κ1) is 13.0. The molecule has 0 amide bonds. The number of nitrogens with zero attached hydrogens (tertiary/aromatic N) is 2. The van der Waals surface area contributed by atoms with E-state index in [2.05, 4.69) is 4.98 Å². The lowest BCUT2D eigenvalue weighted by atomic mass is 10.1. The second-order valence-electron chi connectivity index (χ2n) is 3.58. The van der Waals surface area contributed by atoms with E-state index in [1.54, 1.807) is 13.0 Å². The van der Waals surface area contributed by atoms with Gasteiger partial charge < -0.3 is 10.3 Å². The monoisotopic (exact) mass is 218 g/mol. The molecule has 1 heterocycles. The van der Waals surface area contributed by atoms with Crippen molar-refractivity contribution in [2.75, 3.05) is 0 Å². The van der Waals surface area contributed by atoms with E-state index in [-0.39, 0.29) is 12.4 Å². The fourth-order valence-electron chi connectivity index (χ4n) is 1.22. The average Bonchev–Trinajstić information content (AvgIpc) is 1.98. The Balaban J connectivity index is 0.00000169. The highest BCUT2D eigenvalue weighted by molar-refractivity contribution is 5.85. The molecule has 4 nitrogen and oxygen atoms in total. The fourth-order valence-corrected chi connectivity index (χ4v) is 1.22. The summed E-state index contributed by atoms with van der Waals surface area (Å²) in [7, 11) is 0. The van der Waals surface area contributed by atoms with Crippen molar-refractivity contribution < 1.29 is 9.84 Å². The Kier molecular flexibility index (Phi) is 4.63. The molecule has 1 aromatic rings. The Morgan fingerprint density at radius 3 is 2.64 bits per heavy atom. The van der Waals surface area contributed by atoms with Crippen LogP contribution in [0.4, 0.5) is 0 Å². The van der Waals surface area contributed by atoms with Gasteiger partial charge in [0.1, 0.15) is 5.69 Å². The summed E-state index contributed by atoms with van der Waals surface area (Å²) in [5, 5.41) is 20.4. The van der Waals surface area contributed by atoms with Gasteiger partial charge in [-0.15, -0.1) is 12.4 Å². The Labute approximate surface area is 89.6 Å². The maximum Gasteiger partial charge on any atom is 0.499 e. The van der Waals surface area contributed by atoms with Gasteiger partial charge in [-0.1, -0.05) is 13.8 Å². The molecule has 80 valence electrons. The maximum absolute atomic E-state index is 11.3. The molecule has 14 heavy (non-hydrogen) atoms. The Morgan fingerprint density at radius 1 is 1.57 bits per heavy atom. The third-order valence-corrected chi connectivity index (χ3v) is 1.71. The Hall–Kier alpha value is -1.03. The van der Waals surface area contributed by atoms with Gasteiger partial charge in [-0.25, -0.2) is 0 Å². The highest BCUT2D eigenvalue weighted by Gasteiger charge is 2.13. The molecule has 0 aliphatic rings. The van der Waals surface area contributed by atoms with Crippen molar-refractivity contribution in [3.8, 4) is 6.01 Å². The zero-order valence-electron chi connectivity index (χ0n) is 8.52. The summed E-state index contributed by atoms with van der Waals surface area (Å²) in [5.74, 6) is 0.390. The Morgan fingerprint density at radius 2 is 2.14 bits per heavy atom. The van der Waals surface area contributed by atoms with Crippen molar-refractivity contribution in [2.45, 2.75) is 27.2 Å². The summed E-state index contributed by atoms with van der Waals surface area (Å²) in [4.78, 5) is 3.65. The predicted octanol–water partition coefficient (Wildman–Crippen LogP) is 1.35. The van der Waals surface area contributed by atoms with Crippen molar-refractivity contribution in [3.05, 3.63) is 22.7 Å². The van der Waals surface area contributed by atoms with Crippen molar-refractivity contribution in [1.82, 2.24) is 4.98 Å². The zero-order chi connectivity index (χ0) is 10.0. The van der Waals surface area contributed by atoms with E-state index in [4.69, 9.17) is 5.11 Å². The molecule has 0 spiro atoms. The lowest BCUT2D eigenvalue weighted by Crippen LogP contribution is -2.34. The summed E-state index contributed by atoms with van der Waals surface area (Å²) in [5.41, 5.74) is 1.24. The number of hydrogen-bond donors (Lipinski definition) is 1. The smallest absolute Gasteiger partial charge is 0.499 e. The van der Waals surface area contributed by atoms with Crippen molar-refractivity contribution in [1.29, 1.82) is 0 Å². The molecule has 0 aromatic carbocycles. The van der Waals surface area contributed by atoms with Crippen LogP contribution in [0, 0.1) is 18.0 Å². The third-order valence-electron chi connectivity index (χ3n) is 1.71. The molecule has 5 heteroatoms. The van der Waals surface area contributed by atoms with Crippen LogP contribution in [-0.2, 0) is 6.42 Å². The van der Waals surface area contributed by atoms with Crippen LogP contribution in [-0.4, -0.2) is 10.1 Å². The number of hydrogen-bond acceptors (Lipinski definition) is 3. The van der Waals surface area contributed by atoms with Crippen LogP contribution in [0.2, 0.25) is 0 Å². The molecule has 0 aliphatic carbocycles. The number of aromatic hydroxyl groups is 1. The predicted molar refractivity (Wildman–Crippen MR) is 55.4 cm³/mol. The lowest BCUT2D eigenvalue weighted by Gasteiger charge is -2.10. The summed E-state index contributed by atoms with van der Waals surface area (Å²) in [6.45, 7) is 5.79. The third kappa shape index (κ3) is 3.03. The first-order valence-corrected chi connectivity index (χ1v) is 4.29. The largest absolute Gasteiger partial charge is 0.708 e. The highest BCUT2D eigenvalue weighted by Crippen LogP contribution is 2.07. The summed E-state index contributed by atoms with van der Waals surface area (Å²) in [6, 6.07) is 1.24. The molecule has 0 atom stereocenters. The quantitative estimate of drug-likeness (QED) is 0.602. The number of halogens is 1. The normalized spacial score (nSPS) is 10.0. The zero-order valence-corrected chi connectivity index (χ0v) is 9.34. The molecular formula is C9H15ClN2O2. The highest BCUT2D eigenvalue weighted by atomic mass is 35.5. The minimum atomic E-state index is -0.462. The van der Waals surface area contributed by atoms with Gasteiger partial charge in [0.15, 0.2) is 5.69 Å². The molecule has 0 unspecified atom stereocenters. The molecule has 1 aromatic heterocycles. The van der Waals surface area contributed by atoms with Crippen LogP contribution in [0.15, 0.2) is 6.07 Å². The first-order chi connectivity index (χ1) is 6.00. The first-order valence-electron chi connectivity index (χ1n) is 4.29. The summed E-state index contributed by atoms with van der Waals surface area (Å²) >= 11 is 0. The van der Waals surface area contributed by atoms with E-state index in [0.717, 1.165) is 0 Å². The van der Waals surface area contributed by atoms with Crippen molar-refractivity contribution in [2.24, 2.45) is 5.92 Å². The molecule has 0 radical (unpaired) electrons. The second-order valence-corrected chi connectivity index (χ2v) is 3.58.